The van der Waals surface area contributed by atoms with Crippen molar-refractivity contribution in [2.45, 2.75) is 45.4 Å². The van der Waals surface area contributed by atoms with Gasteiger partial charge < -0.3 is 10.3 Å². The number of hydrogen-bond acceptors (Lipinski definition) is 4. The minimum atomic E-state index is 0.0502. The fraction of sp³-hybridized carbons (Fsp3) is 0.625. The largest absolute Gasteiger partial charge is 0.341 e. The first-order valence-corrected chi connectivity index (χ1v) is 7.87. The van der Waals surface area contributed by atoms with Crippen LogP contribution in [0, 0.1) is 5.92 Å². The molecule has 1 aliphatic rings. The van der Waals surface area contributed by atoms with Crippen LogP contribution in [-0.4, -0.2) is 29.4 Å². The van der Waals surface area contributed by atoms with Gasteiger partial charge in [0.25, 0.3) is 5.91 Å². The molecule has 0 radical (unpaired) electrons. The molecular formula is C16H26N4O. The van der Waals surface area contributed by atoms with Crippen LogP contribution in [0.15, 0.2) is 12.1 Å². The predicted molar refractivity (Wildman–Crippen MR) is 85.0 cm³/mol. The number of hydrazine groups is 1. The topological polar surface area (TPSA) is 71.2 Å². The van der Waals surface area contributed by atoms with Gasteiger partial charge in [-0.25, -0.2) is 10.8 Å². The second-order valence-electron chi connectivity index (χ2n) is 5.92. The molecule has 0 unspecified atom stereocenters. The van der Waals surface area contributed by atoms with Gasteiger partial charge in [-0.3, -0.25) is 4.79 Å². The molecule has 0 spiro atoms. The van der Waals surface area contributed by atoms with E-state index >= 15 is 0 Å². The van der Waals surface area contributed by atoms with Gasteiger partial charge in [0.05, 0.1) is 0 Å². The van der Waals surface area contributed by atoms with E-state index < -0.39 is 0 Å². The third-order valence-electron chi connectivity index (χ3n) is 4.24. The number of carbonyl (C=O) groups is 1. The highest BCUT2D eigenvalue weighted by Gasteiger charge is 2.20. The summed E-state index contributed by atoms with van der Waals surface area (Å²) in [5, 5.41) is 0. The average molecular weight is 290 g/mol. The lowest BCUT2D eigenvalue weighted by molar-refractivity contribution is 0.0760. The summed E-state index contributed by atoms with van der Waals surface area (Å²) in [5.74, 6) is 6.67. The smallest absolute Gasteiger partial charge is 0.253 e. The van der Waals surface area contributed by atoms with Gasteiger partial charge in [0.2, 0.25) is 0 Å². The van der Waals surface area contributed by atoms with Crippen molar-refractivity contribution in [1.29, 1.82) is 0 Å². The third kappa shape index (κ3) is 4.17. The van der Waals surface area contributed by atoms with Crippen LogP contribution in [0.4, 0.5) is 5.82 Å². The van der Waals surface area contributed by atoms with Crippen molar-refractivity contribution in [2.75, 3.05) is 19.0 Å². The Morgan fingerprint density at radius 1 is 1.38 bits per heavy atom. The third-order valence-corrected chi connectivity index (χ3v) is 4.24. The van der Waals surface area contributed by atoms with Crippen LogP contribution in [0.1, 0.15) is 55.1 Å². The van der Waals surface area contributed by atoms with Crippen LogP contribution in [0.3, 0.4) is 0 Å². The van der Waals surface area contributed by atoms with Gasteiger partial charge in [-0.1, -0.05) is 26.2 Å². The van der Waals surface area contributed by atoms with Gasteiger partial charge in [0.15, 0.2) is 0 Å². The molecule has 5 heteroatoms. The highest BCUT2D eigenvalue weighted by molar-refractivity contribution is 5.94. The molecule has 1 heterocycles. The number of aryl methyl sites for hydroxylation is 1. The Kier molecular flexibility index (Phi) is 5.56. The zero-order chi connectivity index (χ0) is 15.2. The monoisotopic (exact) mass is 290 g/mol. The van der Waals surface area contributed by atoms with Crippen molar-refractivity contribution < 1.29 is 4.79 Å². The van der Waals surface area contributed by atoms with Gasteiger partial charge in [-0.05, 0) is 37.3 Å². The summed E-state index contributed by atoms with van der Waals surface area (Å²) in [4.78, 5) is 18.7. The van der Waals surface area contributed by atoms with E-state index in [-0.39, 0.29) is 5.91 Å². The molecule has 1 aromatic rings. The summed E-state index contributed by atoms with van der Waals surface area (Å²) in [7, 11) is 1.89. The van der Waals surface area contributed by atoms with Crippen molar-refractivity contribution in [3.05, 3.63) is 23.4 Å². The number of nitrogen functional groups attached to an aromatic ring is 1. The number of nitrogens with zero attached hydrogens (tertiary/aromatic N) is 2. The molecular weight excluding hydrogens is 264 g/mol. The van der Waals surface area contributed by atoms with Gasteiger partial charge in [-0.15, -0.1) is 0 Å². The summed E-state index contributed by atoms with van der Waals surface area (Å²) >= 11 is 0. The fourth-order valence-corrected chi connectivity index (χ4v) is 3.03. The van der Waals surface area contributed by atoms with Crippen molar-refractivity contribution in [1.82, 2.24) is 9.88 Å². The maximum atomic E-state index is 12.6. The minimum Gasteiger partial charge on any atom is -0.341 e. The zero-order valence-corrected chi connectivity index (χ0v) is 13.1. The number of aromatic nitrogens is 1. The van der Waals surface area contributed by atoms with E-state index in [1.165, 1.54) is 32.1 Å². The highest BCUT2D eigenvalue weighted by atomic mass is 16.2. The molecule has 1 aromatic heterocycles. The molecule has 5 nitrogen and oxygen atoms in total. The van der Waals surface area contributed by atoms with Crippen molar-refractivity contribution >= 4 is 11.7 Å². The number of nitrogens with one attached hydrogen (secondary N) is 1. The first kappa shape index (κ1) is 15.8. The highest BCUT2D eigenvalue weighted by Crippen LogP contribution is 2.24. The summed E-state index contributed by atoms with van der Waals surface area (Å²) in [5.41, 5.74) is 4.07. The molecule has 1 saturated carbocycles. The van der Waals surface area contributed by atoms with Gasteiger partial charge >= 0.3 is 0 Å². The number of hydrogen-bond donors (Lipinski definition) is 2. The molecule has 1 aliphatic carbocycles. The zero-order valence-electron chi connectivity index (χ0n) is 13.1. The number of amides is 1. The number of rotatable bonds is 5. The summed E-state index contributed by atoms with van der Waals surface area (Å²) < 4.78 is 0. The number of anilines is 1. The number of carbonyl (C=O) groups excluding carboxylic acids is 1. The molecule has 0 bridgehead atoms. The molecule has 2 rings (SSSR count). The molecule has 21 heavy (non-hydrogen) atoms. The number of nitrogens with two attached hydrogens (primary N) is 1. The molecule has 1 fully saturated rings. The van der Waals surface area contributed by atoms with E-state index in [4.69, 9.17) is 5.84 Å². The predicted octanol–water partition coefficient (Wildman–Crippen LogP) is 2.58. The van der Waals surface area contributed by atoms with E-state index in [9.17, 15) is 4.79 Å². The fourth-order valence-electron chi connectivity index (χ4n) is 3.03. The van der Waals surface area contributed by atoms with Crippen LogP contribution < -0.4 is 11.3 Å². The maximum Gasteiger partial charge on any atom is 0.253 e. The normalized spacial score (nSPS) is 15.8. The molecule has 0 saturated heterocycles. The number of pyridine rings is 1. The molecule has 116 valence electrons. The van der Waals surface area contributed by atoms with Crippen molar-refractivity contribution in [2.24, 2.45) is 11.8 Å². The van der Waals surface area contributed by atoms with Crippen LogP contribution >= 0.6 is 0 Å². The second kappa shape index (κ2) is 7.41. The quantitative estimate of drug-likeness (QED) is 0.646. The molecule has 0 aromatic carbocycles. The van der Waals surface area contributed by atoms with E-state index in [2.05, 4.69) is 10.4 Å². The van der Waals surface area contributed by atoms with Crippen LogP contribution in [0.25, 0.3) is 0 Å². The Morgan fingerprint density at radius 2 is 2.10 bits per heavy atom. The Bertz CT molecular complexity index is 461. The van der Waals surface area contributed by atoms with Crippen LogP contribution in [0.2, 0.25) is 0 Å². The Balaban J connectivity index is 2.07. The second-order valence-corrected chi connectivity index (χ2v) is 5.92. The lowest BCUT2D eigenvalue weighted by atomic mass is 9.89. The van der Waals surface area contributed by atoms with Gasteiger partial charge in [0, 0.05) is 24.8 Å². The first-order valence-electron chi connectivity index (χ1n) is 7.87. The van der Waals surface area contributed by atoms with E-state index in [1.807, 2.05) is 24.9 Å². The molecule has 0 aliphatic heterocycles. The van der Waals surface area contributed by atoms with E-state index in [0.717, 1.165) is 18.7 Å². The van der Waals surface area contributed by atoms with E-state index in [1.54, 1.807) is 6.07 Å². The SMILES string of the molecule is CCc1cc(C(=O)N(C)CC2CCCCC2)cc(NN)n1. The molecule has 1 amide bonds. The maximum absolute atomic E-state index is 12.6. The average Bonchev–Trinajstić information content (AvgIpc) is 2.54. The molecule has 0 atom stereocenters. The van der Waals surface area contributed by atoms with Crippen molar-refractivity contribution in [3.8, 4) is 0 Å². The summed E-state index contributed by atoms with van der Waals surface area (Å²) in [6.45, 7) is 2.86. The lowest BCUT2D eigenvalue weighted by Gasteiger charge is -2.27. The summed E-state index contributed by atoms with van der Waals surface area (Å²) in [6, 6.07) is 3.58. The lowest BCUT2D eigenvalue weighted by Crippen LogP contribution is -2.32. The Labute approximate surface area is 126 Å². The summed E-state index contributed by atoms with van der Waals surface area (Å²) in [6.07, 6.45) is 7.19. The minimum absolute atomic E-state index is 0.0502. The Hall–Kier alpha value is -1.62. The van der Waals surface area contributed by atoms with Crippen LogP contribution in [0.5, 0.6) is 0 Å². The van der Waals surface area contributed by atoms with Gasteiger partial charge in [-0.2, -0.15) is 0 Å². The first-order chi connectivity index (χ1) is 10.1. The standard InChI is InChI=1S/C16H26N4O/c1-3-14-9-13(10-15(18-14)19-17)16(21)20(2)11-12-7-5-4-6-8-12/h9-10,12H,3-8,11,17H2,1-2H3,(H,18,19). The van der Waals surface area contributed by atoms with Crippen molar-refractivity contribution in [3.63, 3.8) is 0 Å². The van der Waals surface area contributed by atoms with Crippen LogP contribution in [-0.2, 0) is 6.42 Å². The molecule has 3 N–H and O–H groups in total. The van der Waals surface area contributed by atoms with Gasteiger partial charge in [0.1, 0.15) is 5.82 Å². The Morgan fingerprint density at radius 3 is 2.71 bits per heavy atom. The van der Waals surface area contributed by atoms with E-state index in [0.29, 0.717) is 17.3 Å².